The molecule has 134 valence electrons. The van der Waals surface area contributed by atoms with Crippen molar-refractivity contribution in [2.45, 2.75) is 18.9 Å². The molecule has 26 heavy (non-hydrogen) atoms. The first-order valence-corrected chi connectivity index (χ1v) is 8.46. The number of H-pyrrole nitrogens is 1. The summed E-state index contributed by atoms with van der Waals surface area (Å²) in [7, 11) is 1.35. The van der Waals surface area contributed by atoms with Gasteiger partial charge in [-0.25, -0.2) is 0 Å². The van der Waals surface area contributed by atoms with E-state index in [1.807, 2.05) is 42.5 Å². The molecule has 0 amide bonds. The molecule has 4 rings (SSSR count). The topological polar surface area (TPSA) is 86.6 Å². The highest BCUT2D eigenvalue weighted by Crippen LogP contribution is 2.34. The van der Waals surface area contributed by atoms with Crippen molar-refractivity contribution in [1.29, 1.82) is 0 Å². The van der Waals surface area contributed by atoms with Gasteiger partial charge in [-0.15, -0.1) is 0 Å². The number of hydrogen-bond acceptors (Lipinski definition) is 5. The number of carbonyl (C=O) groups is 1. The second kappa shape index (κ2) is 6.72. The molecule has 0 radical (unpaired) electrons. The van der Waals surface area contributed by atoms with E-state index in [2.05, 4.69) is 4.98 Å². The third-order valence-electron chi connectivity index (χ3n) is 4.65. The van der Waals surface area contributed by atoms with Crippen LogP contribution in [0.1, 0.15) is 16.8 Å². The Morgan fingerprint density at radius 1 is 1.23 bits per heavy atom. The maximum absolute atomic E-state index is 11.8. The zero-order chi connectivity index (χ0) is 18.1. The zero-order valence-corrected chi connectivity index (χ0v) is 14.5. The summed E-state index contributed by atoms with van der Waals surface area (Å²) in [6.07, 6.45) is 1.09. The Morgan fingerprint density at radius 2 is 2.04 bits per heavy atom. The fourth-order valence-corrected chi connectivity index (χ4v) is 3.35. The molecule has 1 atom stereocenters. The summed E-state index contributed by atoms with van der Waals surface area (Å²) in [6, 6.07) is 13.2. The van der Waals surface area contributed by atoms with Gasteiger partial charge in [0.25, 0.3) is 0 Å². The molecule has 3 aromatic rings. The Bertz CT molecular complexity index is 964. The molecular weight excluding hydrogens is 332 g/mol. The highest BCUT2D eigenvalue weighted by molar-refractivity contribution is 5.86. The van der Waals surface area contributed by atoms with Crippen LogP contribution in [0.3, 0.4) is 0 Å². The van der Waals surface area contributed by atoms with E-state index >= 15 is 0 Å². The van der Waals surface area contributed by atoms with Crippen LogP contribution in [0.4, 0.5) is 0 Å². The van der Waals surface area contributed by atoms with E-state index in [0.717, 1.165) is 39.2 Å². The molecule has 1 aromatic heterocycles. The predicted molar refractivity (Wildman–Crippen MR) is 97.4 cm³/mol. The van der Waals surface area contributed by atoms with E-state index in [1.165, 1.54) is 7.11 Å². The Labute approximate surface area is 150 Å². The molecule has 0 saturated heterocycles. The number of rotatable bonds is 5. The SMILES string of the molecule is COC(=O)[C@H](N)Cc1c(Cc2ccc3c(c2)OCO3)[nH]c2ccccc12. The van der Waals surface area contributed by atoms with Gasteiger partial charge in [-0.1, -0.05) is 24.3 Å². The van der Waals surface area contributed by atoms with E-state index in [4.69, 9.17) is 19.9 Å². The van der Waals surface area contributed by atoms with E-state index in [0.29, 0.717) is 12.8 Å². The van der Waals surface area contributed by atoms with Gasteiger partial charge >= 0.3 is 5.97 Å². The highest BCUT2D eigenvalue weighted by Gasteiger charge is 2.21. The van der Waals surface area contributed by atoms with E-state index in [9.17, 15) is 4.79 Å². The largest absolute Gasteiger partial charge is 0.468 e. The summed E-state index contributed by atoms with van der Waals surface area (Å²) in [5.41, 5.74) is 10.2. The van der Waals surface area contributed by atoms with Crippen molar-refractivity contribution < 1.29 is 19.0 Å². The molecule has 0 fully saturated rings. The third kappa shape index (κ3) is 2.99. The van der Waals surface area contributed by atoms with Gasteiger partial charge in [-0.2, -0.15) is 0 Å². The molecule has 0 aliphatic carbocycles. The summed E-state index contributed by atoms with van der Waals surface area (Å²) in [4.78, 5) is 15.2. The average molecular weight is 352 g/mol. The van der Waals surface area contributed by atoms with Crippen molar-refractivity contribution in [2.24, 2.45) is 5.73 Å². The van der Waals surface area contributed by atoms with Crippen molar-refractivity contribution in [3.63, 3.8) is 0 Å². The maximum atomic E-state index is 11.8. The van der Waals surface area contributed by atoms with Crippen molar-refractivity contribution >= 4 is 16.9 Å². The Hall–Kier alpha value is -2.99. The predicted octanol–water partition coefficient (Wildman–Crippen LogP) is 2.53. The van der Waals surface area contributed by atoms with Crippen LogP contribution in [-0.2, 0) is 22.4 Å². The van der Waals surface area contributed by atoms with Crippen LogP contribution in [0.2, 0.25) is 0 Å². The number of hydrogen-bond donors (Lipinski definition) is 2. The van der Waals surface area contributed by atoms with Crippen LogP contribution in [-0.4, -0.2) is 30.9 Å². The average Bonchev–Trinajstić information content (AvgIpc) is 3.25. The van der Waals surface area contributed by atoms with E-state index in [1.54, 1.807) is 0 Å². The number of ether oxygens (including phenoxy) is 3. The lowest BCUT2D eigenvalue weighted by molar-refractivity contribution is -0.142. The number of nitrogens with one attached hydrogen (secondary N) is 1. The van der Waals surface area contributed by atoms with E-state index < -0.39 is 12.0 Å². The molecule has 0 unspecified atom stereocenters. The first-order valence-electron chi connectivity index (χ1n) is 8.46. The number of benzene rings is 2. The molecule has 1 aliphatic heterocycles. The smallest absolute Gasteiger partial charge is 0.322 e. The number of nitrogens with two attached hydrogens (primary N) is 1. The maximum Gasteiger partial charge on any atom is 0.322 e. The molecule has 6 heteroatoms. The van der Waals surface area contributed by atoms with Gasteiger partial charge in [0.1, 0.15) is 6.04 Å². The molecule has 0 spiro atoms. The van der Waals surface area contributed by atoms with Crippen LogP contribution >= 0.6 is 0 Å². The third-order valence-corrected chi connectivity index (χ3v) is 4.65. The minimum atomic E-state index is -0.699. The molecule has 3 N–H and O–H groups in total. The second-order valence-electron chi connectivity index (χ2n) is 6.33. The fourth-order valence-electron chi connectivity index (χ4n) is 3.35. The summed E-state index contributed by atoms with van der Waals surface area (Å²) < 4.78 is 15.6. The molecule has 2 aromatic carbocycles. The van der Waals surface area contributed by atoms with Gasteiger partial charge in [-0.3, -0.25) is 4.79 Å². The number of carbonyl (C=O) groups excluding carboxylic acids is 1. The van der Waals surface area contributed by atoms with Crippen LogP contribution in [0.25, 0.3) is 10.9 Å². The molecular formula is C20H20N2O4. The van der Waals surface area contributed by atoms with Gasteiger partial charge in [0.15, 0.2) is 11.5 Å². The monoisotopic (exact) mass is 352 g/mol. The normalized spacial score (nSPS) is 13.8. The van der Waals surface area contributed by atoms with Crippen LogP contribution in [0, 0.1) is 0 Å². The first-order chi connectivity index (χ1) is 12.7. The van der Waals surface area contributed by atoms with E-state index in [-0.39, 0.29) is 6.79 Å². The number of aromatic nitrogens is 1. The molecule has 0 saturated carbocycles. The molecule has 6 nitrogen and oxygen atoms in total. The molecule has 1 aliphatic rings. The summed E-state index contributed by atoms with van der Waals surface area (Å²) in [5.74, 6) is 1.11. The molecule has 2 heterocycles. The van der Waals surface area contributed by atoms with Crippen molar-refractivity contribution in [3.05, 3.63) is 59.3 Å². The minimum absolute atomic E-state index is 0.254. The van der Waals surface area contributed by atoms with Gasteiger partial charge in [0.05, 0.1) is 7.11 Å². The summed E-state index contributed by atoms with van der Waals surface area (Å²) in [6.45, 7) is 0.254. The van der Waals surface area contributed by atoms with Gasteiger partial charge in [0.2, 0.25) is 6.79 Å². The number of methoxy groups -OCH3 is 1. The highest BCUT2D eigenvalue weighted by atomic mass is 16.7. The lowest BCUT2D eigenvalue weighted by Crippen LogP contribution is -2.33. The van der Waals surface area contributed by atoms with Crippen molar-refractivity contribution in [3.8, 4) is 11.5 Å². The lowest BCUT2D eigenvalue weighted by atomic mass is 9.99. The zero-order valence-electron chi connectivity index (χ0n) is 14.5. The Balaban J connectivity index is 1.69. The van der Waals surface area contributed by atoms with Gasteiger partial charge in [-0.05, 0) is 29.3 Å². The fraction of sp³-hybridized carbons (Fsp3) is 0.250. The summed E-state index contributed by atoms with van der Waals surface area (Å²) >= 11 is 0. The Kier molecular flexibility index (Phi) is 4.26. The number of para-hydroxylation sites is 1. The number of aromatic amines is 1. The number of fused-ring (bicyclic) bond motifs is 2. The first kappa shape index (κ1) is 16.5. The van der Waals surface area contributed by atoms with Gasteiger partial charge in [0, 0.05) is 29.4 Å². The van der Waals surface area contributed by atoms with Crippen molar-refractivity contribution in [2.75, 3.05) is 13.9 Å². The number of esters is 1. The lowest BCUT2D eigenvalue weighted by Gasteiger charge is -2.11. The summed E-state index contributed by atoms with van der Waals surface area (Å²) in [5, 5.41) is 1.07. The quantitative estimate of drug-likeness (QED) is 0.689. The molecule has 0 bridgehead atoms. The van der Waals surface area contributed by atoms with Crippen molar-refractivity contribution in [1.82, 2.24) is 4.98 Å². The van der Waals surface area contributed by atoms with Crippen LogP contribution < -0.4 is 15.2 Å². The van der Waals surface area contributed by atoms with Crippen LogP contribution in [0.15, 0.2) is 42.5 Å². The van der Waals surface area contributed by atoms with Crippen LogP contribution in [0.5, 0.6) is 11.5 Å². The Morgan fingerprint density at radius 3 is 2.88 bits per heavy atom. The second-order valence-corrected chi connectivity index (χ2v) is 6.33. The van der Waals surface area contributed by atoms with Gasteiger partial charge < -0.3 is 24.9 Å². The minimum Gasteiger partial charge on any atom is -0.468 e. The standard InChI is InChI=1S/C20H20N2O4/c1-24-20(23)15(21)10-14-13-4-2-3-5-16(13)22-17(14)8-12-6-7-18-19(9-12)26-11-25-18/h2-7,9,15,22H,8,10-11,21H2,1H3/t15-/m1/s1.